The molecule has 0 aromatic carbocycles. The Morgan fingerprint density at radius 3 is 1.41 bits per heavy atom. The molecule has 0 fully saturated rings. The average molecular weight is 648 g/mol. The maximum Gasteiger partial charge on any atom is 0.220 e. The first-order valence-electron chi connectivity index (χ1n) is 19.8. The maximum absolute atomic E-state index is 12.3. The average Bonchev–Trinajstić information content (AvgIpc) is 3.06. The van der Waals surface area contributed by atoms with Crippen LogP contribution in [0.3, 0.4) is 0 Å². The molecule has 0 aliphatic rings. The van der Waals surface area contributed by atoms with E-state index in [0.29, 0.717) is 12.8 Å². The van der Waals surface area contributed by atoms with Gasteiger partial charge in [0.05, 0.1) is 18.8 Å². The molecule has 0 heterocycles. The third-order valence-electron chi connectivity index (χ3n) is 8.97. The number of hydrogen-bond acceptors (Lipinski definition) is 4. The highest BCUT2D eigenvalue weighted by Gasteiger charge is 2.26. The Morgan fingerprint density at radius 1 is 0.543 bits per heavy atom. The summed E-state index contributed by atoms with van der Waals surface area (Å²) in [5, 5.41) is 33.2. The fourth-order valence-corrected chi connectivity index (χ4v) is 5.84. The summed E-state index contributed by atoms with van der Waals surface area (Å²) in [6.07, 6.45) is 44.0. The molecule has 0 bridgehead atoms. The molecule has 3 unspecified atom stereocenters. The second-order valence-corrected chi connectivity index (χ2v) is 13.5. The van der Waals surface area contributed by atoms with Crippen LogP contribution >= 0.6 is 0 Å². The lowest BCUT2D eigenvalue weighted by molar-refractivity contribution is -0.124. The number of allylic oxidation sites excluding steroid dienone is 6. The van der Waals surface area contributed by atoms with E-state index >= 15 is 0 Å². The van der Waals surface area contributed by atoms with Crippen LogP contribution in [0, 0.1) is 0 Å². The van der Waals surface area contributed by atoms with Gasteiger partial charge < -0.3 is 20.6 Å². The largest absolute Gasteiger partial charge is 0.394 e. The van der Waals surface area contributed by atoms with Crippen LogP contribution in [0.2, 0.25) is 0 Å². The van der Waals surface area contributed by atoms with Crippen molar-refractivity contribution in [2.24, 2.45) is 0 Å². The topological polar surface area (TPSA) is 89.8 Å². The standard InChI is InChI=1S/C41H77NO4/c1-3-5-7-9-11-13-14-15-16-17-18-19-20-21-22-23-24-25-26-28-30-32-34-36-40(45)42-38(37-43)41(46)39(44)35-33-31-29-27-12-10-8-6-4-2/h18-19,21-22,27,29,38-39,41,43-44,46H,3-17,20,23-26,28,30-37H2,1-2H3,(H,42,45)/b19-18-,22-21-,29-27+. The van der Waals surface area contributed by atoms with E-state index in [1.54, 1.807) is 0 Å². The molecule has 0 aliphatic heterocycles. The maximum atomic E-state index is 12.3. The zero-order valence-corrected chi connectivity index (χ0v) is 30.5. The van der Waals surface area contributed by atoms with Crippen LogP contribution < -0.4 is 5.32 Å². The fraction of sp³-hybridized carbons (Fsp3) is 0.829. The van der Waals surface area contributed by atoms with Crippen LogP contribution in [0.4, 0.5) is 0 Å². The number of carbonyl (C=O) groups excluding carboxylic acids is 1. The summed E-state index contributed by atoms with van der Waals surface area (Å²) in [6, 6.07) is -0.828. The van der Waals surface area contributed by atoms with Crippen LogP contribution in [-0.2, 0) is 4.79 Å². The minimum atomic E-state index is -1.16. The molecule has 0 aromatic heterocycles. The smallest absolute Gasteiger partial charge is 0.220 e. The second kappa shape index (κ2) is 36.4. The lowest BCUT2D eigenvalue weighted by Crippen LogP contribution is -2.50. The monoisotopic (exact) mass is 648 g/mol. The van der Waals surface area contributed by atoms with Crippen LogP contribution in [0.25, 0.3) is 0 Å². The van der Waals surface area contributed by atoms with Crippen molar-refractivity contribution in [3.63, 3.8) is 0 Å². The summed E-state index contributed by atoms with van der Waals surface area (Å²) in [4.78, 5) is 12.3. The third kappa shape index (κ3) is 31.2. The molecule has 0 aromatic rings. The molecule has 5 heteroatoms. The van der Waals surface area contributed by atoms with Crippen molar-refractivity contribution in [2.75, 3.05) is 6.61 Å². The van der Waals surface area contributed by atoms with E-state index in [-0.39, 0.29) is 12.5 Å². The second-order valence-electron chi connectivity index (χ2n) is 13.5. The number of rotatable bonds is 35. The Kier molecular flexibility index (Phi) is 35.3. The number of aliphatic hydroxyl groups excluding tert-OH is 3. The van der Waals surface area contributed by atoms with Crippen molar-refractivity contribution in [3.05, 3.63) is 36.5 Å². The van der Waals surface area contributed by atoms with Gasteiger partial charge in [-0.2, -0.15) is 0 Å². The Hall–Kier alpha value is -1.43. The first-order chi connectivity index (χ1) is 22.6. The van der Waals surface area contributed by atoms with Gasteiger partial charge in [0.25, 0.3) is 0 Å². The Labute approximate surface area is 285 Å². The molecular weight excluding hydrogens is 570 g/mol. The van der Waals surface area contributed by atoms with Crippen LogP contribution in [0.1, 0.15) is 194 Å². The molecule has 0 saturated carbocycles. The van der Waals surface area contributed by atoms with Gasteiger partial charge in [-0.3, -0.25) is 4.79 Å². The molecule has 0 rings (SSSR count). The Balaban J connectivity index is 3.66. The lowest BCUT2D eigenvalue weighted by atomic mass is 10.0. The zero-order chi connectivity index (χ0) is 33.8. The van der Waals surface area contributed by atoms with E-state index < -0.39 is 18.2 Å². The van der Waals surface area contributed by atoms with Gasteiger partial charge in [-0.05, 0) is 70.6 Å². The Morgan fingerprint density at radius 2 is 0.935 bits per heavy atom. The summed E-state index contributed by atoms with van der Waals surface area (Å²) in [5.41, 5.74) is 0. The number of unbranched alkanes of at least 4 members (excludes halogenated alkanes) is 21. The number of amides is 1. The van der Waals surface area contributed by atoms with E-state index in [4.69, 9.17) is 0 Å². The van der Waals surface area contributed by atoms with Crippen molar-refractivity contribution in [1.82, 2.24) is 5.32 Å². The van der Waals surface area contributed by atoms with Crippen molar-refractivity contribution in [3.8, 4) is 0 Å². The molecule has 0 radical (unpaired) electrons. The molecule has 46 heavy (non-hydrogen) atoms. The minimum absolute atomic E-state index is 0.165. The van der Waals surface area contributed by atoms with Gasteiger partial charge in [0.2, 0.25) is 5.91 Å². The quantitative estimate of drug-likeness (QED) is 0.0407. The number of nitrogens with one attached hydrogen (secondary N) is 1. The van der Waals surface area contributed by atoms with E-state index in [0.717, 1.165) is 51.4 Å². The fourth-order valence-electron chi connectivity index (χ4n) is 5.84. The predicted molar refractivity (Wildman–Crippen MR) is 199 cm³/mol. The summed E-state index contributed by atoms with van der Waals surface area (Å²) in [6.45, 7) is 4.11. The molecular formula is C41H77NO4. The molecule has 3 atom stereocenters. The van der Waals surface area contributed by atoms with E-state index in [1.807, 2.05) is 0 Å². The first kappa shape index (κ1) is 44.6. The van der Waals surface area contributed by atoms with Crippen molar-refractivity contribution in [1.29, 1.82) is 0 Å². The van der Waals surface area contributed by atoms with Crippen molar-refractivity contribution in [2.45, 2.75) is 212 Å². The summed E-state index contributed by atoms with van der Waals surface area (Å²) in [5.74, 6) is -0.165. The van der Waals surface area contributed by atoms with Crippen LogP contribution in [-0.4, -0.2) is 46.1 Å². The predicted octanol–water partition coefficient (Wildman–Crippen LogP) is 10.8. The summed E-state index contributed by atoms with van der Waals surface area (Å²) < 4.78 is 0. The third-order valence-corrected chi connectivity index (χ3v) is 8.97. The van der Waals surface area contributed by atoms with Crippen molar-refractivity contribution >= 4 is 5.91 Å². The zero-order valence-electron chi connectivity index (χ0n) is 30.5. The van der Waals surface area contributed by atoms with E-state index in [2.05, 4.69) is 55.6 Å². The summed E-state index contributed by atoms with van der Waals surface area (Å²) >= 11 is 0. The van der Waals surface area contributed by atoms with Crippen molar-refractivity contribution < 1.29 is 20.1 Å². The van der Waals surface area contributed by atoms with E-state index in [9.17, 15) is 20.1 Å². The highest BCUT2D eigenvalue weighted by Crippen LogP contribution is 2.13. The Bertz CT molecular complexity index is 719. The molecule has 0 aliphatic carbocycles. The van der Waals surface area contributed by atoms with E-state index in [1.165, 1.54) is 116 Å². The van der Waals surface area contributed by atoms with Gasteiger partial charge >= 0.3 is 0 Å². The normalized spacial score (nSPS) is 14.1. The lowest BCUT2D eigenvalue weighted by Gasteiger charge is -2.26. The van der Waals surface area contributed by atoms with Crippen LogP contribution in [0.15, 0.2) is 36.5 Å². The van der Waals surface area contributed by atoms with Gasteiger partial charge in [-0.15, -0.1) is 0 Å². The van der Waals surface area contributed by atoms with Gasteiger partial charge in [0.1, 0.15) is 6.10 Å². The molecule has 0 spiro atoms. The SMILES string of the molecule is CCCCCC/C=C/CCCC(O)C(O)C(CO)NC(=O)CCCCCCCCC/C=C\C/C=C\CCCCCCCCCCC. The number of aliphatic hydroxyl groups is 3. The molecule has 5 nitrogen and oxygen atoms in total. The van der Waals surface area contributed by atoms with Gasteiger partial charge in [-0.1, -0.05) is 153 Å². The number of hydrogen-bond donors (Lipinski definition) is 4. The molecule has 1 amide bonds. The van der Waals surface area contributed by atoms with Gasteiger partial charge in [-0.25, -0.2) is 0 Å². The van der Waals surface area contributed by atoms with Gasteiger partial charge in [0, 0.05) is 6.42 Å². The van der Waals surface area contributed by atoms with Gasteiger partial charge in [0.15, 0.2) is 0 Å². The molecule has 0 saturated heterocycles. The highest BCUT2D eigenvalue weighted by atomic mass is 16.3. The van der Waals surface area contributed by atoms with Crippen LogP contribution in [0.5, 0.6) is 0 Å². The number of carbonyl (C=O) groups is 1. The summed E-state index contributed by atoms with van der Waals surface area (Å²) in [7, 11) is 0. The molecule has 4 N–H and O–H groups in total. The highest BCUT2D eigenvalue weighted by molar-refractivity contribution is 5.76. The molecule has 270 valence electrons. The minimum Gasteiger partial charge on any atom is -0.394 e. The first-order valence-corrected chi connectivity index (χ1v) is 19.8.